The Labute approximate surface area is 343 Å². The van der Waals surface area contributed by atoms with Crippen molar-refractivity contribution in [2.45, 2.75) is 122 Å². The van der Waals surface area contributed by atoms with Gasteiger partial charge in [0, 0.05) is 25.2 Å². The van der Waals surface area contributed by atoms with E-state index in [0.29, 0.717) is 5.56 Å². The predicted octanol–water partition coefficient (Wildman–Crippen LogP) is 3.45. The van der Waals surface area contributed by atoms with Gasteiger partial charge in [-0.2, -0.15) is 0 Å². The van der Waals surface area contributed by atoms with Gasteiger partial charge in [0.05, 0.1) is 35.6 Å². The molecule has 11 atom stereocenters. The molecule has 3 fully saturated rings. The number of amides is 1. The van der Waals surface area contributed by atoms with E-state index in [1.54, 1.807) is 68.5 Å². The molecule has 1 unspecified atom stereocenters. The van der Waals surface area contributed by atoms with Crippen LogP contribution in [0.2, 0.25) is 0 Å². The van der Waals surface area contributed by atoms with Crippen LogP contribution < -0.4 is 5.32 Å². The van der Waals surface area contributed by atoms with Crippen LogP contribution in [0.3, 0.4) is 0 Å². The number of rotatable bonds is 9. The number of hydrogen-bond acceptors (Lipinski definition) is 13. The summed E-state index contributed by atoms with van der Waals surface area (Å²) < 4.78 is 24.2. The van der Waals surface area contributed by atoms with Crippen LogP contribution in [0.25, 0.3) is 0 Å². The molecule has 1 amide bonds. The van der Waals surface area contributed by atoms with Gasteiger partial charge in [0.25, 0.3) is 0 Å². The summed E-state index contributed by atoms with van der Waals surface area (Å²) in [7, 11) is 0. The number of aliphatic hydroxyl groups is 4. The second-order valence-corrected chi connectivity index (χ2v) is 18.1. The molecule has 2 saturated carbocycles. The Morgan fingerprint density at radius 2 is 1.58 bits per heavy atom. The van der Waals surface area contributed by atoms with Crippen LogP contribution >= 0.6 is 0 Å². The van der Waals surface area contributed by atoms with E-state index in [1.807, 2.05) is 20.8 Å². The molecule has 1 aliphatic heterocycles. The summed E-state index contributed by atoms with van der Waals surface area (Å²) in [6.07, 6.45) is -7.46. The molecule has 5 N–H and O–H groups in total. The number of carbonyl (C=O) groups is 5. The topological polar surface area (TPSA) is 215 Å². The van der Waals surface area contributed by atoms with Gasteiger partial charge in [-0.15, -0.1) is 0 Å². The van der Waals surface area contributed by atoms with E-state index < -0.39 is 107 Å². The molecular formula is C45H55NO13. The first-order valence-corrected chi connectivity index (χ1v) is 19.8. The number of fused-ring (bicyclic) bond motifs is 5. The van der Waals surface area contributed by atoms with Crippen molar-refractivity contribution in [1.82, 2.24) is 5.32 Å². The molecule has 3 aliphatic carbocycles. The molecule has 1 saturated heterocycles. The van der Waals surface area contributed by atoms with Crippen molar-refractivity contribution in [2.24, 2.45) is 22.2 Å². The van der Waals surface area contributed by atoms with E-state index in [1.165, 1.54) is 32.1 Å². The van der Waals surface area contributed by atoms with Crippen molar-refractivity contribution >= 4 is 29.6 Å². The summed E-state index contributed by atoms with van der Waals surface area (Å²) in [6, 6.07) is 14.9. The van der Waals surface area contributed by atoms with Crippen LogP contribution in [0.4, 0.5) is 0 Å². The van der Waals surface area contributed by atoms with Gasteiger partial charge in [0.15, 0.2) is 17.5 Å². The Kier molecular flexibility index (Phi) is 11.7. The fourth-order valence-electron chi connectivity index (χ4n) is 9.65. The summed E-state index contributed by atoms with van der Waals surface area (Å²) in [6.45, 7) is 12.6. The van der Waals surface area contributed by atoms with Crippen molar-refractivity contribution in [1.29, 1.82) is 0 Å². The highest BCUT2D eigenvalue weighted by Crippen LogP contribution is 2.64. The maximum atomic E-state index is 15.0. The molecular weight excluding hydrogens is 762 g/mol. The Balaban J connectivity index is 1.48. The summed E-state index contributed by atoms with van der Waals surface area (Å²) in [5.41, 5.74) is -7.44. The van der Waals surface area contributed by atoms with Crippen LogP contribution in [0.15, 0.2) is 84.0 Å². The predicted molar refractivity (Wildman–Crippen MR) is 211 cm³/mol. The maximum Gasteiger partial charge on any atom is 0.338 e. The lowest BCUT2D eigenvalue weighted by atomic mass is 9.44. The zero-order chi connectivity index (χ0) is 43.5. The standard InChI is InChI=1S/C45H55NO13/c1-24-28(57-40(54)35(51)33(26-15-11-9-12-16-26)46-31(49)19-20-41(3,4)5)22-45(55)38(58-39(53)27-17-13-10-14-18-27)36-43(8,37(52)34(50)32(24)42(45,6)7)29(48)21-30-44(36,23-56-30)59-25(2)47/h9-20,28-30,33-36,38,48,50-51,55H,21-23H2,1-8H3,(H,46,49)/b20-19+/t28-,29-,30+,33-,34+,35+,36?,38-,43+,44-,45+/m0/s1. The zero-order valence-corrected chi connectivity index (χ0v) is 34.6. The summed E-state index contributed by atoms with van der Waals surface area (Å²) >= 11 is 0. The summed E-state index contributed by atoms with van der Waals surface area (Å²) in [5.74, 6) is -5.88. The van der Waals surface area contributed by atoms with E-state index in [9.17, 15) is 44.4 Å². The molecule has 4 aliphatic rings. The lowest BCUT2D eigenvalue weighted by Gasteiger charge is -2.67. The highest BCUT2D eigenvalue weighted by Gasteiger charge is 2.78. The third kappa shape index (κ3) is 7.54. The molecule has 14 nitrogen and oxygen atoms in total. The molecule has 0 radical (unpaired) electrons. The monoisotopic (exact) mass is 817 g/mol. The van der Waals surface area contributed by atoms with E-state index in [-0.39, 0.29) is 35.2 Å². The minimum absolute atomic E-state index is 0.0510. The number of benzene rings is 2. The Morgan fingerprint density at radius 1 is 0.966 bits per heavy atom. The van der Waals surface area contributed by atoms with Crippen molar-refractivity contribution in [3.8, 4) is 0 Å². The van der Waals surface area contributed by atoms with Gasteiger partial charge in [-0.3, -0.25) is 14.4 Å². The summed E-state index contributed by atoms with van der Waals surface area (Å²) in [4.78, 5) is 69.2. The highest BCUT2D eigenvalue weighted by molar-refractivity contribution is 5.94. The van der Waals surface area contributed by atoms with Crippen LogP contribution in [-0.2, 0) is 38.1 Å². The first-order valence-electron chi connectivity index (χ1n) is 19.8. The lowest BCUT2D eigenvalue weighted by Crippen LogP contribution is -2.81. The number of nitrogens with one attached hydrogen (secondary N) is 1. The number of ketones is 1. The molecule has 0 spiro atoms. The number of esters is 3. The number of allylic oxidation sites excluding steroid dienone is 1. The number of carbonyl (C=O) groups excluding carboxylic acids is 5. The fraction of sp³-hybridized carbons (Fsp3) is 0.533. The normalized spacial score (nSPS) is 33.5. The number of Topliss-reactive ketones (excluding diaryl/α,β-unsaturated/α-hetero) is 1. The largest absolute Gasteiger partial charge is 0.456 e. The SMILES string of the molecule is CC(=O)O[C@@]12CO[C@@H]1C[C@H](O)[C@@]1(C)C(=O)[C@H](O)C3=C(C)[C@@H](OC(=O)[C@H](O)[C@@H](NC(=O)/C=C/C(C)(C)C)c4ccccc4)C[C@@](O)([C@@H](OC(=O)c4ccccc4)C12)C3(C)C. The van der Waals surface area contributed by atoms with E-state index in [4.69, 9.17) is 18.9 Å². The van der Waals surface area contributed by atoms with Crippen molar-refractivity contribution in [3.05, 3.63) is 95.1 Å². The zero-order valence-electron chi connectivity index (χ0n) is 34.6. The number of hydrogen-bond donors (Lipinski definition) is 5. The Hall–Kier alpha value is -4.73. The quantitative estimate of drug-likeness (QED) is 0.106. The van der Waals surface area contributed by atoms with Gasteiger partial charge in [-0.05, 0) is 54.2 Å². The molecule has 2 aromatic carbocycles. The van der Waals surface area contributed by atoms with Crippen molar-refractivity contribution in [2.75, 3.05) is 6.61 Å². The summed E-state index contributed by atoms with van der Waals surface area (Å²) in [5, 5.41) is 51.8. The van der Waals surface area contributed by atoms with Crippen LogP contribution in [-0.4, -0.2) is 104 Å². The molecule has 2 bridgehead atoms. The van der Waals surface area contributed by atoms with E-state index in [0.717, 1.165) is 6.92 Å². The van der Waals surface area contributed by atoms with Crippen molar-refractivity contribution in [3.63, 3.8) is 0 Å². The number of ether oxygens (including phenoxy) is 4. The average Bonchev–Trinajstić information content (AvgIpc) is 3.17. The van der Waals surface area contributed by atoms with E-state index in [2.05, 4.69) is 5.32 Å². The molecule has 59 heavy (non-hydrogen) atoms. The van der Waals surface area contributed by atoms with E-state index >= 15 is 0 Å². The van der Waals surface area contributed by atoms with Gasteiger partial charge in [-0.25, -0.2) is 9.59 Å². The van der Waals surface area contributed by atoms with Crippen LogP contribution in [0.5, 0.6) is 0 Å². The minimum atomic E-state index is -2.34. The second-order valence-electron chi connectivity index (χ2n) is 18.1. The number of aliphatic hydroxyl groups excluding tert-OH is 3. The van der Waals surface area contributed by atoms with Gasteiger partial charge in [0.2, 0.25) is 5.91 Å². The van der Waals surface area contributed by atoms with Crippen LogP contribution in [0.1, 0.15) is 90.2 Å². The third-order valence-electron chi connectivity index (χ3n) is 12.9. The Morgan fingerprint density at radius 3 is 2.14 bits per heavy atom. The average molecular weight is 818 g/mol. The fourth-order valence-corrected chi connectivity index (χ4v) is 9.65. The molecule has 0 aromatic heterocycles. The van der Waals surface area contributed by atoms with Crippen LogP contribution in [0, 0.1) is 22.2 Å². The first kappa shape index (κ1) is 43.8. The van der Waals surface area contributed by atoms with Gasteiger partial charge in [0.1, 0.15) is 30.0 Å². The maximum absolute atomic E-state index is 15.0. The van der Waals surface area contributed by atoms with Gasteiger partial charge in [-0.1, -0.05) is 89.2 Å². The second kappa shape index (κ2) is 15.7. The van der Waals surface area contributed by atoms with Gasteiger partial charge >= 0.3 is 17.9 Å². The minimum Gasteiger partial charge on any atom is -0.456 e. The highest BCUT2D eigenvalue weighted by atomic mass is 16.6. The van der Waals surface area contributed by atoms with Crippen molar-refractivity contribution < 1.29 is 63.3 Å². The molecule has 6 rings (SSSR count). The molecule has 2 aromatic rings. The first-order chi connectivity index (χ1) is 27.5. The smallest absolute Gasteiger partial charge is 0.338 e. The molecule has 1 heterocycles. The lowest BCUT2D eigenvalue weighted by molar-refractivity contribution is -0.346. The Bertz CT molecular complexity index is 2040. The molecule has 318 valence electrons. The third-order valence-corrected chi connectivity index (χ3v) is 12.9. The van der Waals surface area contributed by atoms with Gasteiger partial charge < -0.3 is 44.7 Å². The molecule has 14 heteroatoms.